The SMILES string of the molecule is CC(C)(C)OC(=O)C[C@H](NC(=O)CCCN)C(=O)O. The summed E-state index contributed by atoms with van der Waals surface area (Å²) < 4.78 is 5.01. The van der Waals surface area contributed by atoms with Gasteiger partial charge in [-0.15, -0.1) is 0 Å². The van der Waals surface area contributed by atoms with Crippen LogP contribution in [0.5, 0.6) is 0 Å². The molecule has 0 rings (SSSR count). The van der Waals surface area contributed by atoms with Crippen LogP contribution >= 0.6 is 0 Å². The van der Waals surface area contributed by atoms with Crippen LogP contribution in [0.1, 0.15) is 40.0 Å². The number of carboxylic acid groups (broad SMARTS) is 1. The molecule has 0 heterocycles. The fourth-order valence-corrected chi connectivity index (χ4v) is 1.28. The van der Waals surface area contributed by atoms with Gasteiger partial charge in [0, 0.05) is 6.42 Å². The maximum Gasteiger partial charge on any atom is 0.326 e. The maximum atomic E-state index is 11.5. The van der Waals surface area contributed by atoms with E-state index in [-0.39, 0.29) is 6.42 Å². The van der Waals surface area contributed by atoms with E-state index in [2.05, 4.69) is 5.32 Å². The van der Waals surface area contributed by atoms with Crippen molar-refractivity contribution in [2.24, 2.45) is 5.73 Å². The summed E-state index contributed by atoms with van der Waals surface area (Å²) in [4.78, 5) is 33.9. The molecule has 0 aliphatic heterocycles. The van der Waals surface area contributed by atoms with E-state index in [0.717, 1.165) is 0 Å². The minimum absolute atomic E-state index is 0.134. The van der Waals surface area contributed by atoms with Crippen LogP contribution < -0.4 is 11.1 Å². The van der Waals surface area contributed by atoms with Crippen LogP contribution in [0.2, 0.25) is 0 Å². The number of carbonyl (C=O) groups is 3. The largest absolute Gasteiger partial charge is 0.480 e. The highest BCUT2D eigenvalue weighted by Crippen LogP contribution is 2.09. The first-order valence-electron chi connectivity index (χ1n) is 6.10. The summed E-state index contributed by atoms with van der Waals surface area (Å²) >= 11 is 0. The number of aliphatic carboxylic acids is 1. The third kappa shape index (κ3) is 9.01. The van der Waals surface area contributed by atoms with Crippen molar-refractivity contribution in [1.82, 2.24) is 5.32 Å². The zero-order valence-electron chi connectivity index (χ0n) is 11.6. The second-order valence-corrected chi connectivity index (χ2v) is 5.14. The third-order valence-corrected chi connectivity index (χ3v) is 2.03. The molecule has 4 N–H and O–H groups in total. The maximum absolute atomic E-state index is 11.5. The number of hydrogen-bond donors (Lipinski definition) is 3. The summed E-state index contributed by atoms with van der Waals surface area (Å²) in [5.41, 5.74) is 4.56. The number of carbonyl (C=O) groups excluding carboxylic acids is 2. The van der Waals surface area contributed by atoms with Crippen LogP contribution in [0, 0.1) is 0 Å². The second kappa shape index (κ2) is 7.73. The predicted molar refractivity (Wildman–Crippen MR) is 68.3 cm³/mol. The Bertz CT molecular complexity index is 336. The number of nitrogens with one attached hydrogen (secondary N) is 1. The van der Waals surface area contributed by atoms with Gasteiger partial charge in [-0.25, -0.2) is 4.79 Å². The highest BCUT2D eigenvalue weighted by molar-refractivity contribution is 5.87. The van der Waals surface area contributed by atoms with Gasteiger partial charge in [0.25, 0.3) is 0 Å². The van der Waals surface area contributed by atoms with Gasteiger partial charge in [0.15, 0.2) is 0 Å². The molecule has 0 aromatic heterocycles. The van der Waals surface area contributed by atoms with Gasteiger partial charge in [-0.05, 0) is 33.7 Å². The first-order valence-corrected chi connectivity index (χ1v) is 6.10. The Labute approximate surface area is 112 Å². The molecule has 0 radical (unpaired) electrons. The van der Waals surface area contributed by atoms with Crippen molar-refractivity contribution in [3.8, 4) is 0 Å². The van der Waals surface area contributed by atoms with Gasteiger partial charge in [-0.2, -0.15) is 0 Å². The Morgan fingerprint density at radius 1 is 1.32 bits per heavy atom. The van der Waals surface area contributed by atoms with Crippen LogP contribution in [0.15, 0.2) is 0 Å². The molecule has 0 aromatic rings. The molecule has 0 unspecified atom stereocenters. The molecule has 0 fully saturated rings. The molecular formula is C12H22N2O5. The molecule has 110 valence electrons. The molecule has 0 spiro atoms. The fraction of sp³-hybridized carbons (Fsp3) is 0.750. The van der Waals surface area contributed by atoms with Crippen molar-refractivity contribution in [1.29, 1.82) is 0 Å². The lowest BCUT2D eigenvalue weighted by Gasteiger charge is -2.21. The summed E-state index contributed by atoms with van der Waals surface area (Å²) in [7, 11) is 0. The topological polar surface area (TPSA) is 119 Å². The molecule has 7 heteroatoms. The lowest BCUT2D eigenvalue weighted by Crippen LogP contribution is -2.43. The lowest BCUT2D eigenvalue weighted by molar-refractivity contribution is -0.158. The van der Waals surface area contributed by atoms with E-state index in [0.29, 0.717) is 13.0 Å². The third-order valence-electron chi connectivity index (χ3n) is 2.03. The number of nitrogens with two attached hydrogens (primary N) is 1. The molecule has 0 aliphatic rings. The number of hydrogen-bond acceptors (Lipinski definition) is 5. The Morgan fingerprint density at radius 2 is 1.89 bits per heavy atom. The van der Waals surface area contributed by atoms with E-state index in [1.54, 1.807) is 20.8 Å². The first-order chi connectivity index (χ1) is 8.65. The minimum Gasteiger partial charge on any atom is -0.480 e. The Balaban J connectivity index is 4.38. The van der Waals surface area contributed by atoms with Gasteiger partial charge >= 0.3 is 11.9 Å². The Hall–Kier alpha value is -1.63. The van der Waals surface area contributed by atoms with Crippen LogP contribution in [0.25, 0.3) is 0 Å². The number of ether oxygens (including phenoxy) is 1. The van der Waals surface area contributed by atoms with Gasteiger partial charge in [-0.1, -0.05) is 0 Å². The molecule has 0 saturated carbocycles. The Morgan fingerprint density at radius 3 is 2.32 bits per heavy atom. The highest BCUT2D eigenvalue weighted by Gasteiger charge is 2.26. The van der Waals surface area contributed by atoms with E-state index in [1.165, 1.54) is 0 Å². The normalized spacial score (nSPS) is 12.6. The minimum atomic E-state index is -1.28. The van der Waals surface area contributed by atoms with Crippen LogP contribution in [0.3, 0.4) is 0 Å². The van der Waals surface area contributed by atoms with Crippen molar-refractivity contribution in [3.63, 3.8) is 0 Å². The molecule has 7 nitrogen and oxygen atoms in total. The van der Waals surface area contributed by atoms with Crippen molar-refractivity contribution >= 4 is 17.8 Å². The van der Waals surface area contributed by atoms with E-state index < -0.39 is 35.9 Å². The summed E-state index contributed by atoms with van der Waals surface area (Å²) in [6, 6.07) is -1.28. The first kappa shape index (κ1) is 17.4. The molecule has 0 bridgehead atoms. The van der Waals surface area contributed by atoms with Crippen molar-refractivity contribution < 1.29 is 24.2 Å². The number of amides is 1. The zero-order chi connectivity index (χ0) is 15.1. The molecule has 1 amide bonds. The number of carboxylic acids is 1. The van der Waals surface area contributed by atoms with Gasteiger partial charge in [-0.3, -0.25) is 9.59 Å². The summed E-state index contributed by atoms with van der Waals surface area (Å²) in [5, 5.41) is 11.2. The second-order valence-electron chi connectivity index (χ2n) is 5.14. The van der Waals surface area contributed by atoms with Gasteiger partial charge in [0.2, 0.25) is 5.91 Å². The highest BCUT2D eigenvalue weighted by atomic mass is 16.6. The molecule has 0 aromatic carbocycles. The molecule has 19 heavy (non-hydrogen) atoms. The fourth-order valence-electron chi connectivity index (χ4n) is 1.28. The van der Waals surface area contributed by atoms with Crippen molar-refractivity contribution in [2.75, 3.05) is 6.54 Å². The van der Waals surface area contributed by atoms with Gasteiger partial charge in [0.1, 0.15) is 11.6 Å². The molecular weight excluding hydrogens is 252 g/mol. The number of esters is 1. The average Bonchev–Trinajstić information content (AvgIpc) is 2.22. The lowest BCUT2D eigenvalue weighted by atomic mass is 10.1. The van der Waals surface area contributed by atoms with E-state index >= 15 is 0 Å². The van der Waals surface area contributed by atoms with E-state index in [4.69, 9.17) is 15.6 Å². The van der Waals surface area contributed by atoms with E-state index in [9.17, 15) is 14.4 Å². The van der Waals surface area contributed by atoms with Crippen molar-refractivity contribution in [3.05, 3.63) is 0 Å². The van der Waals surface area contributed by atoms with Crippen LogP contribution in [-0.4, -0.2) is 41.1 Å². The summed E-state index contributed by atoms with van der Waals surface area (Å²) in [5.74, 6) is -2.38. The van der Waals surface area contributed by atoms with Crippen LogP contribution in [-0.2, 0) is 19.1 Å². The monoisotopic (exact) mass is 274 g/mol. The van der Waals surface area contributed by atoms with Crippen LogP contribution in [0.4, 0.5) is 0 Å². The average molecular weight is 274 g/mol. The summed E-state index contributed by atoms with van der Waals surface area (Å²) in [6.45, 7) is 5.39. The zero-order valence-corrected chi connectivity index (χ0v) is 11.6. The summed E-state index contributed by atoms with van der Waals surface area (Å²) in [6.07, 6.45) is 0.195. The van der Waals surface area contributed by atoms with Crippen molar-refractivity contribution in [2.45, 2.75) is 51.7 Å². The van der Waals surface area contributed by atoms with Gasteiger partial charge < -0.3 is 20.9 Å². The van der Waals surface area contributed by atoms with Gasteiger partial charge in [0.05, 0.1) is 6.42 Å². The quantitative estimate of drug-likeness (QED) is 0.563. The smallest absolute Gasteiger partial charge is 0.326 e. The predicted octanol–water partition coefficient (Wildman–Crippen LogP) is 0.0265. The molecule has 0 saturated heterocycles. The standard InChI is InChI=1S/C12H22N2O5/c1-12(2,3)19-10(16)7-8(11(17)18)14-9(15)5-4-6-13/h8H,4-7,13H2,1-3H3,(H,14,15)(H,17,18)/t8-/m0/s1. The Kier molecular flexibility index (Phi) is 7.06. The number of rotatable bonds is 7. The molecule has 1 atom stereocenters. The van der Waals surface area contributed by atoms with E-state index in [1.807, 2.05) is 0 Å². The molecule has 0 aliphatic carbocycles.